The van der Waals surface area contributed by atoms with Gasteiger partial charge in [-0.05, 0) is 37.1 Å². The molecule has 142 valence electrons. The second kappa shape index (κ2) is 6.33. The van der Waals surface area contributed by atoms with Crippen LogP contribution in [-0.2, 0) is 10.0 Å². The van der Waals surface area contributed by atoms with E-state index in [1.165, 1.54) is 11.3 Å². The van der Waals surface area contributed by atoms with Gasteiger partial charge in [0, 0.05) is 49.9 Å². The third kappa shape index (κ3) is 2.87. The second-order valence-electron chi connectivity index (χ2n) is 8.01. The number of sulfonamides is 1. The van der Waals surface area contributed by atoms with Crippen molar-refractivity contribution < 1.29 is 8.42 Å². The molecule has 27 heavy (non-hydrogen) atoms. The standard InChI is InChI=1S/C21H25N3O2S/c1-15-6-8-17(9-7-15)27(25,26)24-11-10-23-14-21-19(12-16(23)13-24)18-4-2-3-5-20(18)22-21/h2-9,16,19,21-22H,10-14H2,1H3/t16-,19-,21-/m0/s1. The number of piperidine rings is 1. The van der Waals surface area contributed by atoms with E-state index in [1.807, 2.05) is 19.1 Å². The highest BCUT2D eigenvalue weighted by molar-refractivity contribution is 7.89. The Bertz CT molecular complexity index is 958. The Morgan fingerprint density at radius 2 is 1.78 bits per heavy atom. The van der Waals surface area contributed by atoms with Gasteiger partial charge in [-0.2, -0.15) is 4.31 Å². The summed E-state index contributed by atoms with van der Waals surface area (Å²) in [6.07, 6.45) is 1.01. The average molecular weight is 384 g/mol. The maximum Gasteiger partial charge on any atom is 0.243 e. The van der Waals surface area contributed by atoms with Crippen molar-refractivity contribution in [2.45, 2.75) is 36.2 Å². The largest absolute Gasteiger partial charge is 0.380 e. The molecule has 1 N–H and O–H groups in total. The maximum atomic E-state index is 13.1. The van der Waals surface area contributed by atoms with E-state index in [0.29, 0.717) is 29.9 Å². The first-order valence-corrected chi connectivity index (χ1v) is 11.1. The van der Waals surface area contributed by atoms with Crippen LogP contribution in [0.15, 0.2) is 53.4 Å². The van der Waals surface area contributed by atoms with Gasteiger partial charge in [0.2, 0.25) is 10.0 Å². The zero-order valence-corrected chi connectivity index (χ0v) is 16.3. The van der Waals surface area contributed by atoms with Gasteiger partial charge in [0.1, 0.15) is 0 Å². The summed E-state index contributed by atoms with van der Waals surface area (Å²) in [7, 11) is -3.42. The number of aryl methyl sites for hydroxylation is 1. The molecule has 2 saturated heterocycles. The van der Waals surface area contributed by atoms with Crippen LogP contribution in [0.2, 0.25) is 0 Å². The molecule has 0 bridgehead atoms. The molecule has 3 heterocycles. The summed E-state index contributed by atoms with van der Waals surface area (Å²) in [5.41, 5.74) is 3.71. The molecule has 2 aromatic rings. The minimum Gasteiger partial charge on any atom is -0.380 e. The van der Waals surface area contributed by atoms with Gasteiger partial charge in [-0.3, -0.25) is 4.90 Å². The summed E-state index contributed by atoms with van der Waals surface area (Å²) in [6, 6.07) is 16.5. The normalized spacial score (nSPS) is 28.1. The predicted molar refractivity (Wildman–Crippen MR) is 107 cm³/mol. The molecule has 3 aliphatic rings. The summed E-state index contributed by atoms with van der Waals surface area (Å²) >= 11 is 0. The lowest BCUT2D eigenvalue weighted by atomic mass is 9.83. The Labute approximate surface area is 161 Å². The smallest absolute Gasteiger partial charge is 0.243 e. The number of hydrogen-bond acceptors (Lipinski definition) is 4. The van der Waals surface area contributed by atoms with Crippen LogP contribution in [0.1, 0.15) is 23.5 Å². The van der Waals surface area contributed by atoms with Gasteiger partial charge in [0.05, 0.1) is 4.90 Å². The molecule has 0 radical (unpaired) electrons. The highest BCUT2D eigenvalue weighted by Crippen LogP contribution is 2.43. The molecule has 3 aliphatic heterocycles. The van der Waals surface area contributed by atoms with E-state index in [1.54, 1.807) is 16.4 Å². The molecule has 0 saturated carbocycles. The molecule has 0 unspecified atom stereocenters. The molecule has 2 aromatic carbocycles. The van der Waals surface area contributed by atoms with Crippen molar-refractivity contribution >= 4 is 15.7 Å². The molecule has 5 nitrogen and oxygen atoms in total. The Balaban J connectivity index is 1.37. The molecule has 5 rings (SSSR count). The quantitative estimate of drug-likeness (QED) is 0.866. The SMILES string of the molecule is Cc1ccc(S(=O)(=O)N2CCN3C[C@@H]4Nc5ccccc5[C@@H]4C[C@H]3C2)cc1. The van der Waals surface area contributed by atoms with E-state index in [-0.39, 0.29) is 6.04 Å². The Morgan fingerprint density at radius 1 is 1.00 bits per heavy atom. The van der Waals surface area contributed by atoms with E-state index in [0.717, 1.165) is 25.1 Å². The van der Waals surface area contributed by atoms with Gasteiger partial charge >= 0.3 is 0 Å². The zero-order chi connectivity index (χ0) is 18.6. The number of nitrogens with one attached hydrogen (secondary N) is 1. The van der Waals surface area contributed by atoms with Gasteiger partial charge in [0.15, 0.2) is 0 Å². The first-order valence-electron chi connectivity index (χ1n) is 9.69. The maximum absolute atomic E-state index is 13.1. The molecule has 0 aromatic heterocycles. The minimum atomic E-state index is -3.42. The molecular formula is C21H25N3O2S. The zero-order valence-electron chi connectivity index (χ0n) is 15.5. The summed E-state index contributed by atoms with van der Waals surface area (Å²) < 4.78 is 27.9. The first-order chi connectivity index (χ1) is 13.0. The predicted octanol–water partition coefficient (Wildman–Crippen LogP) is 2.65. The topological polar surface area (TPSA) is 52.7 Å². The number of fused-ring (bicyclic) bond motifs is 4. The summed E-state index contributed by atoms with van der Waals surface area (Å²) in [4.78, 5) is 2.88. The van der Waals surface area contributed by atoms with Crippen LogP contribution in [0.25, 0.3) is 0 Å². The fraction of sp³-hybridized carbons (Fsp3) is 0.429. The van der Waals surface area contributed by atoms with Crippen LogP contribution >= 0.6 is 0 Å². The third-order valence-corrected chi connectivity index (χ3v) is 8.25. The van der Waals surface area contributed by atoms with E-state index in [9.17, 15) is 8.42 Å². The van der Waals surface area contributed by atoms with E-state index >= 15 is 0 Å². The lowest BCUT2D eigenvalue weighted by Gasteiger charge is -2.47. The molecule has 6 heteroatoms. The number of para-hydroxylation sites is 1. The van der Waals surface area contributed by atoms with Crippen molar-refractivity contribution in [1.82, 2.24) is 9.21 Å². The van der Waals surface area contributed by atoms with Crippen LogP contribution in [0.3, 0.4) is 0 Å². The van der Waals surface area contributed by atoms with E-state index < -0.39 is 10.0 Å². The van der Waals surface area contributed by atoms with E-state index in [2.05, 4.69) is 34.5 Å². The molecule has 2 fully saturated rings. The van der Waals surface area contributed by atoms with Crippen LogP contribution in [0, 0.1) is 6.92 Å². The van der Waals surface area contributed by atoms with Crippen molar-refractivity contribution in [2.75, 3.05) is 31.5 Å². The number of anilines is 1. The molecule has 0 amide bonds. The number of benzene rings is 2. The number of hydrogen-bond donors (Lipinski definition) is 1. The van der Waals surface area contributed by atoms with Crippen LogP contribution in [0.4, 0.5) is 5.69 Å². The van der Waals surface area contributed by atoms with Crippen LogP contribution in [-0.4, -0.2) is 55.9 Å². The van der Waals surface area contributed by atoms with Crippen molar-refractivity contribution in [1.29, 1.82) is 0 Å². The summed E-state index contributed by atoms with van der Waals surface area (Å²) in [5, 5.41) is 3.67. The van der Waals surface area contributed by atoms with Crippen LogP contribution < -0.4 is 5.32 Å². The van der Waals surface area contributed by atoms with Crippen molar-refractivity contribution in [2.24, 2.45) is 0 Å². The number of rotatable bonds is 2. The fourth-order valence-corrected chi connectivity index (χ4v) is 6.35. The highest BCUT2D eigenvalue weighted by atomic mass is 32.2. The monoisotopic (exact) mass is 383 g/mol. The molecule has 3 atom stereocenters. The van der Waals surface area contributed by atoms with Crippen molar-refractivity contribution in [3.8, 4) is 0 Å². The lowest BCUT2D eigenvalue weighted by molar-refractivity contribution is 0.0718. The second-order valence-corrected chi connectivity index (χ2v) is 9.94. The summed E-state index contributed by atoms with van der Waals surface area (Å²) in [6.45, 7) is 4.92. The minimum absolute atomic E-state index is 0.285. The van der Waals surface area contributed by atoms with Crippen molar-refractivity contribution in [3.05, 3.63) is 59.7 Å². The lowest BCUT2D eigenvalue weighted by Crippen LogP contribution is -2.60. The number of piperazine rings is 1. The van der Waals surface area contributed by atoms with Crippen LogP contribution in [0.5, 0.6) is 0 Å². The van der Waals surface area contributed by atoms with Crippen molar-refractivity contribution in [3.63, 3.8) is 0 Å². The third-order valence-electron chi connectivity index (χ3n) is 6.37. The molecule has 0 spiro atoms. The Kier molecular flexibility index (Phi) is 4.04. The fourth-order valence-electron chi connectivity index (χ4n) is 4.88. The van der Waals surface area contributed by atoms with Gasteiger partial charge in [-0.25, -0.2) is 8.42 Å². The first kappa shape index (κ1) is 17.2. The number of nitrogens with zero attached hydrogens (tertiary/aromatic N) is 2. The van der Waals surface area contributed by atoms with Gasteiger partial charge < -0.3 is 5.32 Å². The van der Waals surface area contributed by atoms with Gasteiger partial charge in [-0.1, -0.05) is 35.9 Å². The van der Waals surface area contributed by atoms with Gasteiger partial charge in [-0.15, -0.1) is 0 Å². The van der Waals surface area contributed by atoms with Gasteiger partial charge in [0.25, 0.3) is 0 Å². The summed E-state index contributed by atoms with van der Waals surface area (Å²) in [5.74, 6) is 0.476. The molecule has 0 aliphatic carbocycles. The Morgan fingerprint density at radius 3 is 2.59 bits per heavy atom. The Hall–Kier alpha value is -1.89. The van der Waals surface area contributed by atoms with E-state index in [4.69, 9.17) is 0 Å². The molecular weight excluding hydrogens is 358 g/mol. The highest BCUT2D eigenvalue weighted by Gasteiger charge is 2.44. The average Bonchev–Trinajstić information content (AvgIpc) is 3.03.